The van der Waals surface area contributed by atoms with Gasteiger partial charge in [-0.1, -0.05) is 0 Å². The molecule has 0 aromatic rings. The number of nitrogens with zero attached hydrogens (tertiary/aromatic N) is 3. The van der Waals surface area contributed by atoms with Crippen molar-refractivity contribution in [2.24, 2.45) is 16.8 Å². The van der Waals surface area contributed by atoms with Gasteiger partial charge in [0.05, 0.1) is 0 Å². The van der Waals surface area contributed by atoms with Gasteiger partial charge < -0.3 is 15.8 Å². The zero-order valence-corrected chi connectivity index (χ0v) is 7.18. The first-order valence-corrected chi connectivity index (χ1v) is 3.92. The van der Waals surface area contributed by atoms with Crippen molar-refractivity contribution >= 4 is 11.9 Å². The molecule has 0 amide bonds. The molecular formula is C6H13N5O2. The average molecular weight is 187 g/mol. The van der Waals surface area contributed by atoms with E-state index in [2.05, 4.69) is 5.10 Å². The Labute approximate surface area is 75.5 Å². The molecule has 0 saturated carbocycles. The van der Waals surface area contributed by atoms with Gasteiger partial charge in [0.25, 0.3) is 0 Å². The highest BCUT2D eigenvalue weighted by Gasteiger charge is 2.22. The molecule has 0 radical (unpaired) electrons. The summed E-state index contributed by atoms with van der Waals surface area (Å²) in [5, 5.41) is 13.4. The molecule has 0 unspecified atom stereocenters. The van der Waals surface area contributed by atoms with Gasteiger partial charge in [-0.2, -0.15) is 0 Å². The van der Waals surface area contributed by atoms with Crippen LogP contribution in [0.1, 0.15) is 6.42 Å². The largest absolute Gasteiger partial charge is 0.480 e. The van der Waals surface area contributed by atoms with Crippen LogP contribution in [0.5, 0.6) is 0 Å². The Morgan fingerprint density at radius 2 is 2.31 bits per heavy atom. The molecule has 1 heterocycles. The number of hydrogen-bond acceptors (Lipinski definition) is 4. The van der Waals surface area contributed by atoms with Crippen LogP contribution in [0, 0.1) is 0 Å². The molecule has 13 heavy (non-hydrogen) atoms. The minimum absolute atomic E-state index is 0.121. The molecule has 1 aliphatic heterocycles. The van der Waals surface area contributed by atoms with Crippen LogP contribution in [0.15, 0.2) is 5.10 Å². The zero-order valence-electron chi connectivity index (χ0n) is 7.18. The lowest BCUT2D eigenvalue weighted by Crippen LogP contribution is -2.55. The second-order valence-electron chi connectivity index (χ2n) is 2.79. The van der Waals surface area contributed by atoms with Gasteiger partial charge in [0.2, 0.25) is 5.96 Å². The van der Waals surface area contributed by atoms with Crippen molar-refractivity contribution in [2.45, 2.75) is 6.42 Å². The third-order valence-corrected chi connectivity index (χ3v) is 1.81. The van der Waals surface area contributed by atoms with Crippen LogP contribution < -0.4 is 11.7 Å². The second kappa shape index (κ2) is 3.94. The SMILES string of the molecule is N/N=C1/N(N)CCCN1CC(=O)O. The lowest BCUT2D eigenvalue weighted by atomic mass is 10.3. The quantitative estimate of drug-likeness (QED) is 0.347. The van der Waals surface area contributed by atoms with Gasteiger partial charge >= 0.3 is 5.97 Å². The third-order valence-electron chi connectivity index (χ3n) is 1.81. The van der Waals surface area contributed by atoms with Gasteiger partial charge in [0.15, 0.2) is 0 Å². The lowest BCUT2D eigenvalue weighted by molar-refractivity contribution is -0.137. The normalized spacial score (nSPS) is 20.8. The summed E-state index contributed by atoms with van der Waals surface area (Å²) >= 11 is 0. The van der Waals surface area contributed by atoms with Gasteiger partial charge in [0.1, 0.15) is 6.54 Å². The van der Waals surface area contributed by atoms with E-state index in [1.54, 1.807) is 0 Å². The number of hydrogen-bond donors (Lipinski definition) is 3. The summed E-state index contributed by atoms with van der Waals surface area (Å²) in [5.41, 5.74) is 0. The van der Waals surface area contributed by atoms with Crippen LogP contribution in [-0.2, 0) is 4.79 Å². The number of nitrogens with two attached hydrogens (primary N) is 2. The Balaban J connectivity index is 2.65. The first-order chi connectivity index (χ1) is 6.15. The first kappa shape index (κ1) is 9.59. The molecule has 1 saturated heterocycles. The minimum Gasteiger partial charge on any atom is -0.480 e. The lowest BCUT2D eigenvalue weighted by Gasteiger charge is -2.34. The smallest absolute Gasteiger partial charge is 0.323 e. The molecule has 1 aliphatic rings. The van der Waals surface area contributed by atoms with E-state index in [1.165, 1.54) is 9.91 Å². The van der Waals surface area contributed by atoms with Gasteiger partial charge in [-0.3, -0.25) is 9.80 Å². The predicted molar refractivity (Wildman–Crippen MR) is 46.3 cm³/mol. The van der Waals surface area contributed by atoms with E-state index in [-0.39, 0.29) is 6.54 Å². The number of guanidine groups is 1. The fourth-order valence-electron chi connectivity index (χ4n) is 1.28. The number of rotatable bonds is 2. The Morgan fingerprint density at radius 1 is 1.62 bits per heavy atom. The van der Waals surface area contributed by atoms with Gasteiger partial charge in [0, 0.05) is 13.1 Å². The van der Waals surface area contributed by atoms with Crippen LogP contribution in [0.25, 0.3) is 0 Å². The van der Waals surface area contributed by atoms with Crippen LogP contribution in [0.4, 0.5) is 0 Å². The molecule has 0 aromatic carbocycles. The highest BCUT2D eigenvalue weighted by Crippen LogP contribution is 2.04. The maximum atomic E-state index is 10.4. The van der Waals surface area contributed by atoms with Crippen molar-refractivity contribution in [1.82, 2.24) is 9.91 Å². The monoisotopic (exact) mass is 187 g/mol. The topological polar surface area (TPSA) is 108 Å². The maximum Gasteiger partial charge on any atom is 0.323 e. The number of hydrazine groups is 1. The molecule has 0 bridgehead atoms. The Bertz CT molecular complexity index is 229. The zero-order chi connectivity index (χ0) is 9.84. The van der Waals surface area contributed by atoms with Crippen molar-refractivity contribution in [3.8, 4) is 0 Å². The van der Waals surface area contributed by atoms with E-state index in [0.717, 1.165) is 6.42 Å². The summed E-state index contributed by atoms with van der Waals surface area (Å²) in [6, 6.07) is 0. The molecular weight excluding hydrogens is 174 g/mol. The van der Waals surface area contributed by atoms with Crippen LogP contribution in [0.3, 0.4) is 0 Å². The number of aliphatic carboxylic acids is 1. The van der Waals surface area contributed by atoms with Crippen molar-refractivity contribution in [1.29, 1.82) is 0 Å². The second-order valence-corrected chi connectivity index (χ2v) is 2.79. The predicted octanol–water partition coefficient (Wildman–Crippen LogP) is -1.82. The highest BCUT2D eigenvalue weighted by atomic mass is 16.4. The molecule has 1 rings (SSSR count). The van der Waals surface area contributed by atoms with Gasteiger partial charge in [-0.15, -0.1) is 5.10 Å². The first-order valence-electron chi connectivity index (χ1n) is 3.92. The maximum absolute atomic E-state index is 10.4. The fraction of sp³-hybridized carbons (Fsp3) is 0.667. The van der Waals surface area contributed by atoms with Gasteiger partial charge in [-0.05, 0) is 6.42 Å². The third kappa shape index (κ3) is 2.22. The summed E-state index contributed by atoms with van der Waals surface area (Å²) in [6.07, 6.45) is 0.808. The van der Waals surface area contributed by atoms with Crippen LogP contribution in [0.2, 0.25) is 0 Å². The molecule has 0 spiro atoms. The van der Waals surface area contributed by atoms with Crippen molar-refractivity contribution in [3.05, 3.63) is 0 Å². The molecule has 0 aromatic heterocycles. The minimum atomic E-state index is -0.920. The van der Waals surface area contributed by atoms with E-state index in [4.69, 9.17) is 16.8 Å². The summed E-state index contributed by atoms with van der Waals surface area (Å²) in [5.74, 6) is 10.0. The van der Waals surface area contributed by atoms with E-state index in [0.29, 0.717) is 19.0 Å². The number of carboxylic acid groups (broad SMARTS) is 1. The van der Waals surface area contributed by atoms with E-state index in [1.807, 2.05) is 0 Å². The molecule has 1 fully saturated rings. The molecule has 7 heteroatoms. The van der Waals surface area contributed by atoms with Crippen LogP contribution in [-0.4, -0.2) is 46.6 Å². The van der Waals surface area contributed by atoms with Crippen LogP contribution >= 0.6 is 0 Å². The molecule has 0 atom stereocenters. The molecule has 7 nitrogen and oxygen atoms in total. The van der Waals surface area contributed by atoms with Gasteiger partial charge in [-0.25, -0.2) is 5.84 Å². The fourth-order valence-corrected chi connectivity index (χ4v) is 1.28. The Hall–Kier alpha value is -1.50. The van der Waals surface area contributed by atoms with E-state index < -0.39 is 5.97 Å². The summed E-state index contributed by atoms with van der Waals surface area (Å²) in [7, 11) is 0. The number of carbonyl (C=O) groups is 1. The average Bonchev–Trinajstić information content (AvgIpc) is 2.03. The molecule has 74 valence electrons. The standard InChI is InChI=1S/C6H13N5O2/c7-9-6-10(4-5(12)13)2-1-3-11(6)8/h1-4,7-8H2,(H,12,13)/b9-6+. The summed E-state index contributed by atoms with van der Waals surface area (Å²) in [6.45, 7) is 1.14. The molecule has 0 aliphatic carbocycles. The Kier molecular flexibility index (Phi) is 2.91. The summed E-state index contributed by atoms with van der Waals surface area (Å²) in [4.78, 5) is 12.0. The Morgan fingerprint density at radius 3 is 2.85 bits per heavy atom. The van der Waals surface area contributed by atoms with Crippen molar-refractivity contribution < 1.29 is 9.90 Å². The van der Waals surface area contributed by atoms with Crippen molar-refractivity contribution in [3.63, 3.8) is 0 Å². The molecule has 5 N–H and O–H groups in total. The van der Waals surface area contributed by atoms with E-state index in [9.17, 15) is 4.79 Å². The number of carboxylic acids is 1. The van der Waals surface area contributed by atoms with Crippen molar-refractivity contribution in [2.75, 3.05) is 19.6 Å². The van der Waals surface area contributed by atoms with E-state index >= 15 is 0 Å². The summed E-state index contributed by atoms with van der Waals surface area (Å²) < 4.78 is 0. The highest BCUT2D eigenvalue weighted by molar-refractivity contribution is 5.83. The number of hydrazone groups is 1.